The second-order valence-corrected chi connectivity index (χ2v) is 6.35. The van der Waals surface area contributed by atoms with E-state index < -0.39 is 11.9 Å². The van der Waals surface area contributed by atoms with Gasteiger partial charge in [0.15, 0.2) is 0 Å². The van der Waals surface area contributed by atoms with Gasteiger partial charge in [0.05, 0.1) is 0 Å². The molecule has 2 N–H and O–H groups in total. The number of aromatic nitrogens is 2. The minimum atomic E-state index is -0.760. The summed E-state index contributed by atoms with van der Waals surface area (Å²) in [7, 11) is 0. The quantitative estimate of drug-likeness (QED) is 0.777. The fourth-order valence-electron chi connectivity index (χ4n) is 3.43. The summed E-state index contributed by atoms with van der Waals surface area (Å²) in [6.45, 7) is 2.41. The number of nitrogens with two attached hydrogens (primary N) is 1. The van der Waals surface area contributed by atoms with Crippen LogP contribution in [0.2, 0.25) is 0 Å². The van der Waals surface area contributed by atoms with E-state index in [1.165, 1.54) is 4.90 Å². The maximum atomic E-state index is 13.0. The fraction of sp³-hybridized carbons (Fsp3) is 0.211. The predicted octanol–water partition coefficient (Wildman–Crippen LogP) is 1.87. The van der Waals surface area contributed by atoms with Crippen LogP contribution in [0.4, 0.5) is 0 Å². The maximum Gasteiger partial charge on any atom is 0.275 e. The van der Waals surface area contributed by atoms with E-state index in [0.717, 1.165) is 16.7 Å². The molecule has 1 aliphatic heterocycles. The van der Waals surface area contributed by atoms with Gasteiger partial charge in [-0.15, -0.1) is 0 Å². The van der Waals surface area contributed by atoms with Crippen LogP contribution in [0.1, 0.15) is 33.2 Å². The number of hydrogen-bond acceptors (Lipinski definition) is 3. The Balaban J connectivity index is 1.74. The largest absolute Gasteiger partial charge is 0.368 e. The van der Waals surface area contributed by atoms with E-state index in [2.05, 4.69) is 4.98 Å². The highest BCUT2D eigenvalue weighted by Gasteiger charge is 2.35. The first-order valence-corrected chi connectivity index (χ1v) is 8.18. The molecule has 126 valence electrons. The van der Waals surface area contributed by atoms with Gasteiger partial charge in [-0.25, -0.2) is 4.98 Å². The third-order valence-electron chi connectivity index (χ3n) is 4.65. The number of carbonyl (C=O) groups excluding carboxylic acids is 2. The molecule has 0 bridgehead atoms. The number of primary amides is 1. The normalized spacial score (nSPS) is 16.7. The first-order valence-electron chi connectivity index (χ1n) is 8.18. The van der Waals surface area contributed by atoms with E-state index in [4.69, 9.17) is 5.73 Å². The van der Waals surface area contributed by atoms with Gasteiger partial charge in [0.1, 0.15) is 17.4 Å². The van der Waals surface area contributed by atoms with Crippen molar-refractivity contribution in [1.82, 2.24) is 14.3 Å². The Kier molecular flexibility index (Phi) is 3.53. The summed E-state index contributed by atoms with van der Waals surface area (Å²) < 4.78 is 1.80. The van der Waals surface area contributed by atoms with E-state index in [0.29, 0.717) is 24.3 Å². The zero-order valence-electron chi connectivity index (χ0n) is 13.8. The van der Waals surface area contributed by atoms with Crippen molar-refractivity contribution in [3.05, 3.63) is 71.2 Å². The number of rotatable bonds is 2. The molecule has 0 saturated carbocycles. The minimum absolute atomic E-state index is 0.278. The number of aryl methyl sites for hydroxylation is 1. The number of fused-ring (bicyclic) bond motifs is 2. The van der Waals surface area contributed by atoms with Crippen molar-refractivity contribution in [2.75, 3.05) is 6.54 Å². The molecular formula is C19H18N4O2. The molecule has 1 aromatic carbocycles. The van der Waals surface area contributed by atoms with Crippen LogP contribution < -0.4 is 5.73 Å². The van der Waals surface area contributed by atoms with Crippen LogP contribution in [0.5, 0.6) is 0 Å². The van der Waals surface area contributed by atoms with Crippen molar-refractivity contribution >= 4 is 17.5 Å². The molecule has 3 heterocycles. The van der Waals surface area contributed by atoms with Gasteiger partial charge in [0, 0.05) is 18.9 Å². The third kappa shape index (κ3) is 2.55. The average Bonchev–Trinajstić information content (AvgIpc) is 3.03. The Morgan fingerprint density at radius 2 is 2.04 bits per heavy atom. The molecule has 0 spiro atoms. The lowest BCUT2D eigenvalue weighted by Crippen LogP contribution is -2.45. The van der Waals surface area contributed by atoms with E-state index in [1.807, 2.05) is 49.5 Å². The van der Waals surface area contributed by atoms with E-state index in [9.17, 15) is 9.59 Å². The lowest BCUT2D eigenvalue weighted by atomic mass is 9.92. The summed E-state index contributed by atoms with van der Waals surface area (Å²) in [5, 5.41) is 0. The van der Waals surface area contributed by atoms with Crippen LogP contribution in [0.3, 0.4) is 0 Å². The van der Waals surface area contributed by atoms with Crippen molar-refractivity contribution in [3.63, 3.8) is 0 Å². The van der Waals surface area contributed by atoms with Crippen LogP contribution in [0.25, 0.3) is 5.65 Å². The molecule has 0 saturated heterocycles. The number of pyridine rings is 1. The minimum Gasteiger partial charge on any atom is -0.368 e. The van der Waals surface area contributed by atoms with Crippen LogP contribution >= 0.6 is 0 Å². The number of carbonyl (C=O) groups is 2. The van der Waals surface area contributed by atoms with Gasteiger partial charge in [-0.3, -0.25) is 9.59 Å². The first-order chi connectivity index (χ1) is 12.0. The zero-order valence-corrected chi connectivity index (χ0v) is 13.8. The van der Waals surface area contributed by atoms with Crippen molar-refractivity contribution in [2.24, 2.45) is 5.73 Å². The Bertz CT molecular complexity index is 992. The molecule has 4 rings (SSSR count). The molecule has 0 radical (unpaired) electrons. The van der Waals surface area contributed by atoms with E-state index >= 15 is 0 Å². The lowest BCUT2D eigenvalue weighted by Gasteiger charge is -2.35. The standard InChI is InChI=1S/C19H18N4O2/c1-12-6-8-22-11-15(21-16(22)10-12)19(25)23-9-7-13-4-2-3-5-14(13)17(23)18(20)24/h2-6,8,10-11,17H,7,9H2,1H3,(H2,20,24). The molecule has 1 aliphatic rings. The number of nitrogens with zero attached hydrogens (tertiary/aromatic N) is 3. The van der Waals surface area contributed by atoms with Gasteiger partial charge in [0.25, 0.3) is 5.91 Å². The number of amides is 2. The highest BCUT2D eigenvalue weighted by atomic mass is 16.2. The second kappa shape index (κ2) is 5.73. The Labute approximate surface area is 144 Å². The number of benzene rings is 1. The predicted molar refractivity (Wildman–Crippen MR) is 93.0 cm³/mol. The molecule has 6 heteroatoms. The molecular weight excluding hydrogens is 316 g/mol. The first kappa shape index (κ1) is 15.4. The summed E-state index contributed by atoms with van der Waals surface area (Å²) in [5.74, 6) is -0.806. The smallest absolute Gasteiger partial charge is 0.275 e. The maximum absolute atomic E-state index is 13.0. The topological polar surface area (TPSA) is 80.7 Å². The van der Waals surface area contributed by atoms with Gasteiger partial charge < -0.3 is 15.0 Å². The molecule has 6 nitrogen and oxygen atoms in total. The van der Waals surface area contributed by atoms with Crippen LogP contribution in [0.15, 0.2) is 48.8 Å². The van der Waals surface area contributed by atoms with Gasteiger partial charge in [-0.2, -0.15) is 0 Å². The third-order valence-corrected chi connectivity index (χ3v) is 4.65. The number of imidazole rings is 1. The fourth-order valence-corrected chi connectivity index (χ4v) is 3.43. The summed E-state index contributed by atoms with van der Waals surface area (Å²) in [6, 6.07) is 10.7. The molecule has 1 unspecified atom stereocenters. The van der Waals surface area contributed by atoms with E-state index in [-0.39, 0.29) is 5.91 Å². The molecule has 3 aromatic rings. The zero-order chi connectivity index (χ0) is 17.6. The van der Waals surface area contributed by atoms with Crippen molar-refractivity contribution in [3.8, 4) is 0 Å². The van der Waals surface area contributed by atoms with Crippen molar-refractivity contribution in [2.45, 2.75) is 19.4 Å². The Morgan fingerprint density at radius 3 is 2.84 bits per heavy atom. The average molecular weight is 334 g/mol. The second-order valence-electron chi connectivity index (χ2n) is 6.35. The summed E-state index contributed by atoms with van der Waals surface area (Å²) in [5.41, 5.74) is 9.57. The monoisotopic (exact) mass is 334 g/mol. The molecule has 0 fully saturated rings. The Hall–Kier alpha value is -3.15. The van der Waals surface area contributed by atoms with E-state index in [1.54, 1.807) is 10.6 Å². The van der Waals surface area contributed by atoms with Crippen LogP contribution in [-0.2, 0) is 11.2 Å². The molecule has 2 amide bonds. The highest BCUT2D eigenvalue weighted by molar-refractivity contribution is 5.97. The Morgan fingerprint density at radius 1 is 1.24 bits per heavy atom. The van der Waals surface area contributed by atoms with Gasteiger partial charge in [-0.1, -0.05) is 24.3 Å². The summed E-state index contributed by atoms with van der Waals surface area (Å²) in [6.07, 6.45) is 4.25. The molecule has 1 atom stereocenters. The number of hydrogen-bond donors (Lipinski definition) is 1. The van der Waals surface area contributed by atoms with Gasteiger partial charge >= 0.3 is 0 Å². The van der Waals surface area contributed by atoms with Crippen LogP contribution in [-0.4, -0.2) is 32.6 Å². The summed E-state index contributed by atoms with van der Waals surface area (Å²) in [4.78, 5) is 31.0. The van der Waals surface area contributed by atoms with Crippen LogP contribution in [0, 0.1) is 6.92 Å². The molecule has 0 aliphatic carbocycles. The highest BCUT2D eigenvalue weighted by Crippen LogP contribution is 2.30. The van der Waals surface area contributed by atoms with Crippen molar-refractivity contribution < 1.29 is 9.59 Å². The molecule has 2 aromatic heterocycles. The lowest BCUT2D eigenvalue weighted by molar-refractivity contribution is -0.123. The molecule has 25 heavy (non-hydrogen) atoms. The van der Waals surface area contributed by atoms with Crippen molar-refractivity contribution in [1.29, 1.82) is 0 Å². The van der Waals surface area contributed by atoms with Gasteiger partial charge in [0.2, 0.25) is 5.91 Å². The summed E-state index contributed by atoms with van der Waals surface area (Å²) >= 11 is 0. The SMILES string of the molecule is Cc1ccn2cc(C(=O)N3CCc4ccccc4C3C(N)=O)nc2c1. The van der Waals surface area contributed by atoms with Gasteiger partial charge in [-0.05, 0) is 42.2 Å².